The largest absolute Gasteiger partial charge is 0.371 e. The molecule has 1 aliphatic heterocycles. The first kappa shape index (κ1) is 16.6. The molecule has 1 aliphatic rings. The predicted octanol–water partition coefficient (Wildman–Crippen LogP) is 3.54. The normalized spacial score (nSPS) is 18.7. The first-order chi connectivity index (χ1) is 10.1. The fourth-order valence-corrected chi connectivity index (χ4v) is 3.41. The number of piperidine rings is 1. The van der Waals surface area contributed by atoms with Crippen molar-refractivity contribution in [1.29, 1.82) is 0 Å². The molecule has 0 aromatic heterocycles. The number of anilines is 1. The molecule has 1 saturated heterocycles. The molecule has 1 fully saturated rings. The van der Waals surface area contributed by atoms with Crippen LogP contribution in [0.2, 0.25) is 5.02 Å². The minimum Gasteiger partial charge on any atom is -0.371 e. The summed E-state index contributed by atoms with van der Waals surface area (Å²) in [6.45, 7) is 7.94. The fraction of sp³-hybridized carbons (Fsp3) is 0.647. The van der Waals surface area contributed by atoms with E-state index in [2.05, 4.69) is 54.2 Å². The highest BCUT2D eigenvalue weighted by atomic mass is 35.5. The zero-order valence-corrected chi connectivity index (χ0v) is 14.5. The van der Waals surface area contributed by atoms with Gasteiger partial charge in [0.05, 0.1) is 0 Å². The van der Waals surface area contributed by atoms with E-state index in [4.69, 9.17) is 11.6 Å². The zero-order valence-electron chi connectivity index (χ0n) is 13.7. The molecule has 2 rings (SSSR count). The second-order valence-corrected chi connectivity index (χ2v) is 6.40. The van der Waals surface area contributed by atoms with Gasteiger partial charge in [-0.25, -0.2) is 0 Å². The van der Waals surface area contributed by atoms with Gasteiger partial charge in [0.25, 0.3) is 0 Å². The SMILES string of the molecule is CCN1CCC(N(C)c2ccc(C(C)NC)c(Cl)c2)CC1. The fourth-order valence-electron chi connectivity index (χ4n) is 3.08. The van der Waals surface area contributed by atoms with Gasteiger partial charge in [0.1, 0.15) is 0 Å². The molecule has 0 radical (unpaired) electrons. The summed E-state index contributed by atoms with van der Waals surface area (Å²) in [5, 5.41) is 4.10. The van der Waals surface area contributed by atoms with Crippen LogP contribution in [0.1, 0.15) is 38.3 Å². The van der Waals surface area contributed by atoms with Gasteiger partial charge in [0.15, 0.2) is 0 Å². The van der Waals surface area contributed by atoms with Crippen molar-refractivity contribution in [3.05, 3.63) is 28.8 Å². The lowest BCUT2D eigenvalue weighted by molar-refractivity contribution is 0.221. The molecule has 1 aromatic carbocycles. The van der Waals surface area contributed by atoms with E-state index < -0.39 is 0 Å². The van der Waals surface area contributed by atoms with E-state index in [9.17, 15) is 0 Å². The first-order valence-electron chi connectivity index (χ1n) is 7.98. The standard InChI is InChI=1S/C17H28ClN3/c1-5-21-10-8-14(9-11-21)20(4)15-6-7-16(13(2)19-3)17(18)12-15/h6-7,12-14,19H,5,8-11H2,1-4H3. The summed E-state index contributed by atoms with van der Waals surface area (Å²) in [6, 6.07) is 7.36. The molecule has 1 atom stereocenters. The molecule has 0 bridgehead atoms. The van der Waals surface area contributed by atoms with Crippen LogP contribution in [0.15, 0.2) is 18.2 Å². The monoisotopic (exact) mass is 309 g/mol. The summed E-state index contributed by atoms with van der Waals surface area (Å²) in [7, 11) is 4.15. The molecule has 0 spiro atoms. The van der Waals surface area contributed by atoms with Crippen LogP contribution in [0, 0.1) is 0 Å². The van der Waals surface area contributed by atoms with Crippen molar-refractivity contribution in [3.8, 4) is 0 Å². The van der Waals surface area contributed by atoms with Gasteiger partial charge < -0.3 is 15.1 Å². The summed E-state index contributed by atoms with van der Waals surface area (Å²) in [5.41, 5.74) is 2.39. The lowest BCUT2D eigenvalue weighted by Crippen LogP contribution is -2.43. The van der Waals surface area contributed by atoms with Crippen molar-refractivity contribution in [1.82, 2.24) is 10.2 Å². The molecule has 4 heteroatoms. The second kappa shape index (κ2) is 7.48. The molecule has 0 aliphatic carbocycles. The highest BCUT2D eigenvalue weighted by Crippen LogP contribution is 2.29. The quantitative estimate of drug-likeness (QED) is 0.897. The highest BCUT2D eigenvalue weighted by molar-refractivity contribution is 6.31. The second-order valence-electron chi connectivity index (χ2n) is 5.99. The van der Waals surface area contributed by atoms with E-state index in [0.29, 0.717) is 6.04 Å². The minimum absolute atomic E-state index is 0.282. The molecule has 1 N–H and O–H groups in total. The maximum absolute atomic E-state index is 6.46. The molecule has 1 aromatic rings. The van der Waals surface area contributed by atoms with Gasteiger partial charge in [-0.05, 0) is 51.1 Å². The van der Waals surface area contributed by atoms with Crippen LogP contribution in [0.25, 0.3) is 0 Å². The Morgan fingerprint density at radius 1 is 1.38 bits per heavy atom. The molecule has 21 heavy (non-hydrogen) atoms. The molecule has 118 valence electrons. The third-order valence-corrected chi connectivity index (χ3v) is 5.17. The average Bonchev–Trinajstić information content (AvgIpc) is 2.53. The van der Waals surface area contributed by atoms with Gasteiger partial charge in [-0.1, -0.05) is 24.6 Å². The maximum atomic E-state index is 6.46. The third kappa shape index (κ3) is 3.91. The number of nitrogens with one attached hydrogen (secondary N) is 1. The summed E-state index contributed by atoms with van der Waals surface area (Å²) >= 11 is 6.46. The van der Waals surface area contributed by atoms with Crippen molar-refractivity contribution < 1.29 is 0 Å². The summed E-state index contributed by atoms with van der Waals surface area (Å²) < 4.78 is 0. The van der Waals surface area contributed by atoms with E-state index in [1.54, 1.807) is 0 Å². The van der Waals surface area contributed by atoms with Crippen LogP contribution < -0.4 is 10.2 Å². The van der Waals surface area contributed by atoms with E-state index in [0.717, 1.165) is 10.6 Å². The van der Waals surface area contributed by atoms with Crippen molar-refractivity contribution in [2.75, 3.05) is 38.6 Å². The molecule has 1 heterocycles. The third-order valence-electron chi connectivity index (χ3n) is 4.84. The van der Waals surface area contributed by atoms with E-state index >= 15 is 0 Å². The van der Waals surface area contributed by atoms with Gasteiger partial charge in [0.2, 0.25) is 0 Å². The molecular weight excluding hydrogens is 282 g/mol. The van der Waals surface area contributed by atoms with E-state index in [1.165, 1.54) is 38.2 Å². The topological polar surface area (TPSA) is 18.5 Å². The Labute approximate surface area is 134 Å². The van der Waals surface area contributed by atoms with Crippen LogP contribution in [-0.4, -0.2) is 44.7 Å². The van der Waals surface area contributed by atoms with Crippen molar-refractivity contribution in [3.63, 3.8) is 0 Å². The number of likely N-dealkylation sites (tertiary alicyclic amines) is 1. The van der Waals surface area contributed by atoms with Gasteiger partial charge in [0, 0.05) is 42.9 Å². The lowest BCUT2D eigenvalue weighted by Gasteiger charge is -2.37. The number of rotatable bonds is 5. The van der Waals surface area contributed by atoms with Crippen LogP contribution in [-0.2, 0) is 0 Å². The van der Waals surface area contributed by atoms with Gasteiger partial charge in [-0.2, -0.15) is 0 Å². The minimum atomic E-state index is 0.282. The maximum Gasteiger partial charge on any atom is 0.0474 e. The zero-order chi connectivity index (χ0) is 15.4. The Balaban J connectivity index is 2.06. The van der Waals surface area contributed by atoms with Crippen LogP contribution in [0.3, 0.4) is 0 Å². The molecule has 0 amide bonds. The number of halogens is 1. The molecule has 1 unspecified atom stereocenters. The van der Waals surface area contributed by atoms with Gasteiger partial charge in [-0.15, -0.1) is 0 Å². The smallest absolute Gasteiger partial charge is 0.0474 e. The Hall–Kier alpha value is -0.770. The van der Waals surface area contributed by atoms with E-state index in [1.807, 2.05) is 7.05 Å². The van der Waals surface area contributed by atoms with Crippen LogP contribution in [0.4, 0.5) is 5.69 Å². The molecule has 0 saturated carbocycles. The number of hydrogen-bond donors (Lipinski definition) is 1. The summed E-state index contributed by atoms with van der Waals surface area (Å²) in [4.78, 5) is 4.92. The van der Waals surface area contributed by atoms with Crippen LogP contribution >= 0.6 is 11.6 Å². The number of hydrogen-bond acceptors (Lipinski definition) is 3. The molecule has 3 nitrogen and oxygen atoms in total. The first-order valence-corrected chi connectivity index (χ1v) is 8.36. The van der Waals surface area contributed by atoms with Crippen molar-refractivity contribution in [2.24, 2.45) is 0 Å². The van der Waals surface area contributed by atoms with Crippen LogP contribution in [0.5, 0.6) is 0 Å². The summed E-state index contributed by atoms with van der Waals surface area (Å²) in [5.74, 6) is 0. The number of nitrogens with zero attached hydrogens (tertiary/aromatic N) is 2. The molecular formula is C17H28ClN3. The Morgan fingerprint density at radius 2 is 2.05 bits per heavy atom. The Kier molecular flexibility index (Phi) is 5.91. The predicted molar refractivity (Wildman–Crippen MR) is 92.5 cm³/mol. The van der Waals surface area contributed by atoms with E-state index in [-0.39, 0.29) is 6.04 Å². The number of benzene rings is 1. The average molecular weight is 310 g/mol. The van der Waals surface area contributed by atoms with Gasteiger partial charge in [-0.3, -0.25) is 0 Å². The van der Waals surface area contributed by atoms with Crippen molar-refractivity contribution in [2.45, 2.75) is 38.8 Å². The van der Waals surface area contributed by atoms with Crippen molar-refractivity contribution >= 4 is 17.3 Å². The highest BCUT2D eigenvalue weighted by Gasteiger charge is 2.22. The summed E-state index contributed by atoms with van der Waals surface area (Å²) in [6.07, 6.45) is 2.47. The van der Waals surface area contributed by atoms with Gasteiger partial charge >= 0.3 is 0 Å². The Morgan fingerprint density at radius 3 is 2.57 bits per heavy atom. The lowest BCUT2D eigenvalue weighted by atomic mass is 10.0. The Bertz CT molecular complexity index is 455.